The highest BCUT2D eigenvalue weighted by Crippen LogP contribution is 2.37. The van der Waals surface area contributed by atoms with Gasteiger partial charge in [-0.3, -0.25) is 9.59 Å². The first-order valence-corrected chi connectivity index (χ1v) is 20.2. The van der Waals surface area contributed by atoms with Crippen LogP contribution in [0.1, 0.15) is 91.2 Å². The van der Waals surface area contributed by atoms with Crippen LogP contribution in [0, 0.1) is 11.6 Å². The number of piperidine rings is 1. The van der Waals surface area contributed by atoms with Gasteiger partial charge in [-0.05, 0) is 55.9 Å². The van der Waals surface area contributed by atoms with Crippen molar-refractivity contribution in [2.45, 2.75) is 62.7 Å². The molecule has 2 aliphatic rings. The zero-order valence-corrected chi connectivity index (χ0v) is 34.4. The molecule has 0 spiro atoms. The van der Waals surface area contributed by atoms with Crippen molar-refractivity contribution in [3.63, 3.8) is 0 Å². The first kappa shape index (κ1) is 42.3. The largest absolute Gasteiger partial charge is 0.453 e. The second-order valence-corrected chi connectivity index (χ2v) is 15.2. The quantitative estimate of drug-likeness (QED) is 0.105. The van der Waals surface area contributed by atoms with Crippen LogP contribution in [0.3, 0.4) is 0 Å². The lowest BCUT2D eigenvalue weighted by Gasteiger charge is -2.33. The van der Waals surface area contributed by atoms with E-state index in [4.69, 9.17) is 9.47 Å². The number of amides is 4. The van der Waals surface area contributed by atoms with Crippen molar-refractivity contribution in [1.82, 2.24) is 40.4 Å². The van der Waals surface area contributed by atoms with Gasteiger partial charge in [-0.15, -0.1) is 0 Å². The summed E-state index contributed by atoms with van der Waals surface area (Å²) in [6, 6.07) is 17.5. The summed E-state index contributed by atoms with van der Waals surface area (Å²) in [7, 11) is 4.11. The normalized spacial score (nSPS) is 17.0. The van der Waals surface area contributed by atoms with Crippen LogP contribution in [-0.4, -0.2) is 94.6 Å². The molecule has 4 atom stereocenters. The number of ether oxygens (including phenoxy) is 2. The molecule has 0 unspecified atom stereocenters. The average Bonchev–Trinajstić information content (AvgIpc) is 4.09. The molecule has 0 aliphatic carbocycles. The Hall–Kier alpha value is -6.78. The van der Waals surface area contributed by atoms with Crippen LogP contribution in [0.2, 0.25) is 0 Å². The van der Waals surface area contributed by atoms with E-state index in [1.807, 2.05) is 19.1 Å². The molecular weight excluding hydrogens is 789 g/mol. The summed E-state index contributed by atoms with van der Waals surface area (Å²) >= 11 is 0. The van der Waals surface area contributed by atoms with Gasteiger partial charge in [0.2, 0.25) is 5.91 Å². The van der Waals surface area contributed by atoms with Crippen molar-refractivity contribution in [2.75, 3.05) is 45.8 Å². The van der Waals surface area contributed by atoms with Crippen LogP contribution in [0.4, 0.5) is 24.1 Å². The van der Waals surface area contributed by atoms with E-state index < -0.39 is 48.0 Å². The molecule has 2 fully saturated rings. The summed E-state index contributed by atoms with van der Waals surface area (Å²) in [5.41, 5.74) is 2.64. The number of carbonyl (C=O) groups excluding carboxylic acids is 4. The fraction of sp³-hybridized carbons (Fsp3) is 0.364. The molecule has 0 bridgehead atoms. The van der Waals surface area contributed by atoms with Crippen molar-refractivity contribution in [1.29, 1.82) is 0 Å². The maximum absolute atomic E-state index is 15.9. The smallest absolute Gasteiger partial charge is 0.407 e. The number of nitrogens with zero attached hydrogens (tertiary/aromatic N) is 5. The van der Waals surface area contributed by atoms with E-state index in [1.54, 1.807) is 71.6 Å². The number of hydrogen-bond donors (Lipinski definition) is 4. The fourth-order valence-corrected chi connectivity index (χ4v) is 8.14. The lowest BCUT2D eigenvalue weighted by atomic mass is 9.93. The van der Waals surface area contributed by atoms with E-state index in [1.165, 1.54) is 37.4 Å². The molecule has 0 radical (unpaired) electrons. The molecule has 0 saturated carbocycles. The molecule has 2 aliphatic heterocycles. The van der Waals surface area contributed by atoms with E-state index in [0.717, 1.165) is 5.69 Å². The number of imidazole rings is 2. The molecule has 320 valence electrons. The Morgan fingerprint density at radius 2 is 1.39 bits per heavy atom. The van der Waals surface area contributed by atoms with Crippen molar-refractivity contribution >= 4 is 29.7 Å². The third-order valence-corrected chi connectivity index (χ3v) is 11.6. The monoisotopic (exact) mass is 837 g/mol. The molecule has 2 saturated heterocycles. The second kappa shape index (κ2) is 18.6. The Labute approximate surface area is 351 Å². The minimum atomic E-state index is -0.979. The number of hydrogen-bond acceptors (Lipinski definition) is 9. The standard InChI is InChI=1S/C44H49F2N9O6/c1-26(53(2)41(56)36(51-43(58)60-3)28-12-7-5-8-13-28)39-47-24-33(49-39)27-17-20-54(21-18-27)38-31(45)22-30(23-32(38)46)34-25-48-40(50-34)35-16-11-19-55(35)42(57)37(52-44(59)61-4)29-14-9-6-10-15-29/h5-10,12-15,22-27,35-37H,11,16-21H2,1-4H3,(H,47,49)(H,48,50)(H,51,58)(H,52,59)/t26-,35-,36+,37+/m0/s1. The van der Waals surface area contributed by atoms with Crippen molar-refractivity contribution < 1.29 is 37.4 Å². The molecule has 17 heteroatoms. The van der Waals surface area contributed by atoms with Gasteiger partial charge in [-0.2, -0.15) is 0 Å². The molecule has 2 aromatic heterocycles. The molecule has 5 aromatic rings. The zero-order chi connectivity index (χ0) is 43.2. The summed E-state index contributed by atoms with van der Waals surface area (Å²) in [5, 5.41) is 5.27. The number of likely N-dealkylation sites (tertiary alicyclic amines) is 1. The number of aromatic nitrogens is 4. The zero-order valence-electron chi connectivity index (χ0n) is 34.4. The molecule has 4 N–H and O–H groups in total. The van der Waals surface area contributed by atoms with Gasteiger partial charge >= 0.3 is 12.2 Å². The first-order chi connectivity index (χ1) is 29.5. The number of carbonyl (C=O) groups is 4. The number of H-pyrrole nitrogens is 2. The molecule has 61 heavy (non-hydrogen) atoms. The lowest BCUT2D eigenvalue weighted by molar-refractivity contribution is -0.135. The lowest BCUT2D eigenvalue weighted by Crippen LogP contribution is -2.42. The summed E-state index contributed by atoms with van der Waals surface area (Å²) in [5.74, 6) is -1.02. The molecule has 15 nitrogen and oxygen atoms in total. The van der Waals surface area contributed by atoms with E-state index in [-0.39, 0.29) is 29.0 Å². The maximum Gasteiger partial charge on any atom is 0.407 e. The molecule has 4 heterocycles. The summed E-state index contributed by atoms with van der Waals surface area (Å²) in [4.78, 5) is 72.4. The van der Waals surface area contributed by atoms with Crippen molar-refractivity contribution in [3.8, 4) is 11.3 Å². The van der Waals surface area contributed by atoms with Crippen LogP contribution < -0.4 is 15.5 Å². The number of alkyl carbamates (subject to hydrolysis) is 2. The van der Waals surface area contributed by atoms with Crippen molar-refractivity contribution in [2.24, 2.45) is 0 Å². The first-order valence-electron chi connectivity index (χ1n) is 20.2. The predicted octanol–water partition coefficient (Wildman–Crippen LogP) is 6.84. The van der Waals surface area contributed by atoms with Gasteiger partial charge in [-0.1, -0.05) is 60.7 Å². The van der Waals surface area contributed by atoms with E-state index in [2.05, 4.69) is 30.6 Å². The van der Waals surface area contributed by atoms with Crippen molar-refractivity contribution in [3.05, 3.63) is 125 Å². The number of benzene rings is 3. The molecule has 4 amide bonds. The van der Waals surface area contributed by atoms with E-state index >= 15 is 8.78 Å². The number of aromatic amines is 2. The third-order valence-electron chi connectivity index (χ3n) is 11.6. The number of methoxy groups -OCH3 is 2. The maximum atomic E-state index is 15.9. The minimum Gasteiger partial charge on any atom is -0.453 e. The van der Waals surface area contributed by atoms with Crippen LogP contribution in [-0.2, 0) is 19.1 Å². The molecule has 7 rings (SSSR count). The summed E-state index contributed by atoms with van der Waals surface area (Å²) in [6.45, 7) is 3.06. The third kappa shape index (κ3) is 9.20. The Balaban J connectivity index is 0.989. The molecule has 3 aromatic carbocycles. The highest BCUT2D eigenvalue weighted by molar-refractivity contribution is 5.88. The SMILES string of the molecule is COC(=O)N[C@@H](C(=O)N(C)[C@@H](C)c1ncc(C2CCN(c3c(F)cc(-c4cnc([C@@H]5CCCN5C(=O)[C@H](NC(=O)OC)c5ccccc5)[nH]4)cc3F)CC2)[nH]1)c1ccccc1. The summed E-state index contributed by atoms with van der Waals surface area (Å²) < 4.78 is 41.3. The van der Waals surface area contributed by atoms with Crippen LogP contribution in [0.25, 0.3) is 11.3 Å². The Kier molecular flexibility index (Phi) is 12.9. The predicted molar refractivity (Wildman–Crippen MR) is 221 cm³/mol. The van der Waals surface area contributed by atoms with Gasteiger partial charge in [0.1, 0.15) is 41.1 Å². The number of likely N-dealkylation sites (N-methyl/N-ethyl adjacent to an activating group) is 1. The number of nitrogens with one attached hydrogen (secondary N) is 4. The highest BCUT2D eigenvalue weighted by atomic mass is 19.1. The second-order valence-electron chi connectivity index (χ2n) is 15.2. The van der Waals surface area contributed by atoms with Gasteiger partial charge in [0.15, 0.2) is 0 Å². The highest BCUT2D eigenvalue weighted by Gasteiger charge is 2.37. The van der Waals surface area contributed by atoms with Gasteiger partial charge in [0.05, 0.1) is 38.2 Å². The number of halogens is 2. The van der Waals surface area contributed by atoms with Gasteiger partial charge in [-0.25, -0.2) is 28.3 Å². The van der Waals surface area contributed by atoms with Gasteiger partial charge < -0.3 is 44.8 Å². The average molecular weight is 838 g/mol. The number of rotatable bonds is 12. The number of anilines is 1. The van der Waals surface area contributed by atoms with Gasteiger partial charge in [0.25, 0.3) is 5.91 Å². The van der Waals surface area contributed by atoms with Crippen LogP contribution >= 0.6 is 0 Å². The fourth-order valence-electron chi connectivity index (χ4n) is 8.14. The molecular formula is C44H49F2N9O6. The summed E-state index contributed by atoms with van der Waals surface area (Å²) in [6.07, 6.45) is 4.29. The minimum absolute atomic E-state index is 0.0406. The Morgan fingerprint density at radius 3 is 2.00 bits per heavy atom. The van der Waals surface area contributed by atoms with E-state index in [0.29, 0.717) is 73.8 Å². The van der Waals surface area contributed by atoms with Crippen LogP contribution in [0.5, 0.6) is 0 Å². The Morgan fingerprint density at radius 1 is 0.803 bits per heavy atom. The van der Waals surface area contributed by atoms with Gasteiger partial charge in [0, 0.05) is 50.1 Å². The Bertz CT molecular complexity index is 2310. The van der Waals surface area contributed by atoms with E-state index in [9.17, 15) is 19.2 Å². The topological polar surface area (TPSA) is 178 Å². The van der Waals surface area contributed by atoms with Crippen LogP contribution in [0.15, 0.2) is 85.2 Å².